The number of benzene rings is 1. The molecular formula is C10H6BrF2N3O2. The highest BCUT2D eigenvalue weighted by Crippen LogP contribution is 2.29. The van der Waals surface area contributed by atoms with E-state index in [1.54, 1.807) is 6.92 Å². The molecule has 0 bridgehead atoms. The van der Waals surface area contributed by atoms with Gasteiger partial charge in [0.05, 0.1) is 10.6 Å². The standard InChI is InChI=1S/C10H6BrF2N3O2/c1-5-4-15(10(11)14-5)8-3-6(12)2-7(13)9(8)16(17)18/h2-4H,1H3. The van der Waals surface area contributed by atoms with E-state index in [-0.39, 0.29) is 10.4 Å². The minimum Gasteiger partial charge on any atom is -0.288 e. The number of aromatic nitrogens is 2. The molecule has 0 saturated carbocycles. The van der Waals surface area contributed by atoms with E-state index < -0.39 is 22.2 Å². The van der Waals surface area contributed by atoms with Crippen LogP contribution < -0.4 is 0 Å². The van der Waals surface area contributed by atoms with Crippen LogP contribution in [0.4, 0.5) is 14.5 Å². The Kier molecular flexibility index (Phi) is 3.12. The van der Waals surface area contributed by atoms with Gasteiger partial charge in [0.1, 0.15) is 11.5 Å². The van der Waals surface area contributed by atoms with E-state index in [2.05, 4.69) is 20.9 Å². The predicted octanol–water partition coefficient (Wildman–Crippen LogP) is 3.13. The molecule has 1 heterocycles. The molecule has 0 fully saturated rings. The zero-order valence-corrected chi connectivity index (χ0v) is 10.6. The maximum atomic E-state index is 13.5. The SMILES string of the molecule is Cc1cn(-c2cc(F)cc(F)c2[N+](=O)[O-])c(Br)n1. The molecular weight excluding hydrogens is 312 g/mol. The lowest BCUT2D eigenvalue weighted by Gasteiger charge is -2.06. The number of rotatable bonds is 2. The van der Waals surface area contributed by atoms with E-state index in [9.17, 15) is 18.9 Å². The Bertz CT molecular complexity index is 642. The van der Waals surface area contributed by atoms with E-state index in [1.165, 1.54) is 10.8 Å². The number of imidazole rings is 1. The summed E-state index contributed by atoms with van der Waals surface area (Å²) >= 11 is 3.07. The Labute approximate surface area is 108 Å². The van der Waals surface area contributed by atoms with Crippen LogP contribution in [0, 0.1) is 28.7 Å². The fourth-order valence-electron chi connectivity index (χ4n) is 1.55. The molecule has 0 radical (unpaired) electrons. The Morgan fingerprint density at radius 1 is 1.44 bits per heavy atom. The molecule has 1 aromatic carbocycles. The number of nitrogens with zero attached hydrogens (tertiary/aromatic N) is 3. The third-order valence-corrected chi connectivity index (χ3v) is 2.79. The summed E-state index contributed by atoms with van der Waals surface area (Å²) in [6, 6.07) is 1.35. The van der Waals surface area contributed by atoms with Gasteiger partial charge in [-0.25, -0.2) is 9.37 Å². The lowest BCUT2D eigenvalue weighted by atomic mass is 10.2. The zero-order chi connectivity index (χ0) is 13.4. The van der Waals surface area contributed by atoms with Crippen LogP contribution in [0.1, 0.15) is 5.69 Å². The Hall–Kier alpha value is -1.83. The first-order chi connectivity index (χ1) is 8.40. The molecule has 8 heteroatoms. The molecule has 18 heavy (non-hydrogen) atoms. The third kappa shape index (κ3) is 2.10. The molecule has 1 aromatic heterocycles. The summed E-state index contributed by atoms with van der Waals surface area (Å²) in [5.74, 6) is -2.13. The molecule has 5 nitrogen and oxygen atoms in total. The van der Waals surface area contributed by atoms with Crippen molar-refractivity contribution in [2.24, 2.45) is 0 Å². The van der Waals surface area contributed by atoms with Crippen LogP contribution >= 0.6 is 15.9 Å². The normalized spacial score (nSPS) is 10.7. The second kappa shape index (κ2) is 4.45. The highest BCUT2D eigenvalue weighted by molar-refractivity contribution is 9.10. The average molecular weight is 318 g/mol. The van der Waals surface area contributed by atoms with Crippen molar-refractivity contribution in [2.75, 3.05) is 0 Å². The fraction of sp³-hybridized carbons (Fsp3) is 0.100. The van der Waals surface area contributed by atoms with Gasteiger partial charge in [-0.05, 0) is 22.9 Å². The van der Waals surface area contributed by atoms with Crippen LogP contribution in [0.5, 0.6) is 0 Å². The van der Waals surface area contributed by atoms with Gasteiger partial charge in [-0.2, -0.15) is 4.39 Å². The summed E-state index contributed by atoms with van der Waals surface area (Å²) in [7, 11) is 0. The van der Waals surface area contributed by atoms with Crippen LogP contribution in [0.3, 0.4) is 0 Å². The van der Waals surface area contributed by atoms with Crippen molar-refractivity contribution < 1.29 is 13.7 Å². The third-order valence-electron chi connectivity index (χ3n) is 2.23. The predicted molar refractivity (Wildman–Crippen MR) is 62.6 cm³/mol. The van der Waals surface area contributed by atoms with Gasteiger partial charge in [0.15, 0.2) is 4.73 Å². The molecule has 2 aromatic rings. The van der Waals surface area contributed by atoms with Gasteiger partial charge < -0.3 is 0 Å². The first kappa shape index (κ1) is 12.6. The Morgan fingerprint density at radius 3 is 2.61 bits per heavy atom. The van der Waals surface area contributed by atoms with Crippen LogP contribution in [0.25, 0.3) is 5.69 Å². The maximum Gasteiger partial charge on any atom is 0.328 e. The van der Waals surface area contributed by atoms with Crippen molar-refractivity contribution in [1.82, 2.24) is 9.55 Å². The smallest absolute Gasteiger partial charge is 0.288 e. The number of nitro groups is 1. The molecule has 0 saturated heterocycles. The number of halogens is 3. The summed E-state index contributed by atoms with van der Waals surface area (Å²) in [6.07, 6.45) is 1.44. The molecule has 0 N–H and O–H groups in total. The highest BCUT2D eigenvalue weighted by Gasteiger charge is 2.24. The quantitative estimate of drug-likeness (QED) is 0.631. The number of nitro benzene ring substituents is 1. The highest BCUT2D eigenvalue weighted by atomic mass is 79.9. The van der Waals surface area contributed by atoms with Crippen molar-refractivity contribution in [1.29, 1.82) is 0 Å². The summed E-state index contributed by atoms with van der Waals surface area (Å²) in [6.45, 7) is 1.66. The van der Waals surface area contributed by atoms with Crippen molar-refractivity contribution in [3.8, 4) is 5.69 Å². The largest absolute Gasteiger partial charge is 0.328 e. The van der Waals surface area contributed by atoms with E-state index in [4.69, 9.17) is 0 Å². The lowest BCUT2D eigenvalue weighted by Crippen LogP contribution is -2.03. The summed E-state index contributed by atoms with van der Waals surface area (Å²) in [5.41, 5.74) is -0.458. The van der Waals surface area contributed by atoms with E-state index in [1.807, 2.05) is 0 Å². The molecule has 2 rings (SSSR count). The number of aryl methyl sites for hydroxylation is 1. The summed E-state index contributed by atoms with van der Waals surface area (Å²) in [4.78, 5) is 13.9. The second-order valence-electron chi connectivity index (χ2n) is 3.53. The molecule has 0 aliphatic heterocycles. The van der Waals surface area contributed by atoms with Crippen LogP contribution in [0.15, 0.2) is 23.1 Å². The minimum absolute atomic E-state index is 0.218. The van der Waals surface area contributed by atoms with Gasteiger partial charge in [0.2, 0.25) is 5.82 Å². The van der Waals surface area contributed by atoms with E-state index in [0.717, 1.165) is 6.07 Å². The molecule has 0 amide bonds. The summed E-state index contributed by atoms with van der Waals surface area (Å²) < 4.78 is 28.1. The number of hydrogen-bond donors (Lipinski definition) is 0. The Balaban J connectivity index is 2.77. The van der Waals surface area contributed by atoms with Crippen molar-refractivity contribution >= 4 is 21.6 Å². The monoisotopic (exact) mass is 317 g/mol. The van der Waals surface area contributed by atoms with Crippen LogP contribution in [-0.4, -0.2) is 14.5 Å². The van der Waals surface area contributed by atoms with Gasteiger partial charge in [0.25, 0.3) is 0 Å². The van der Waals surface area contributed by atoms with Gasteiger partial charge in [-0.15, -0.1) is 0 Å². The Morgan fingerprint density at radius 2 is 2.11 bits per heavy atom. The van der Waals surface area contributed by atoms with E-state index >= 15 is 0 Å². The first-order valence-corrected chi connectivity index (χ1v) is 5.54. The molecule has 0 atom stereocenters. The fourth-order valence-corrected chi connectivity index (χ4v) is 2.13. The van der Waals surface area contributed by atoms with Crippen molar-refractivity contribution in [3.05, 3.63) is 50.5 Å². The maximum absolute atomic E-state index is 13.5. The van der Waals surface area contributed by atoms with Crippen molar-refractivity contribution in [2.45, 2.75) is 6.92 Å². The van der Waals surface area contributed by atoms with Gasteiger partial charge >= 0.3 is 5.69 Å². The van der Waals surface area contributed by atoms with Crippen LogP contribution in [0.2, 0.25) is 0 Å². The van der Waals surface area contributed by atoms with Crippen LogP contribution in [-0.2, 0) is 0 Å². The molecule has 0 unspecified atom stereocenters. The minimum atomic E-state index is -1.23. The zero-order valence-electron chi connectivity index (χ0n) is 9.02. The molecule has 0 aliphatic carbocycles. The molecule has 0 spiro atoms. The van der Waals surface area contributed by atoms with Crippen molar-refractivity contribution in [3.63, 3.8) is 0 Å². The first-order valence-electron chi connectivity index (χ1n) is 4.75. The van der Waals surface area contributed by atoms with Gasteiger partial charge in [0, 0.05) is 18.3 Å². The summed E-state index contributed by atoms with van der Waals surface area (Å²) in [5, 5.41) is 10.8. The topological polar surface area (TPSA) is 61.0 Å². The average Bonchev–Trinajstić information content (AvgIpc) is 2.55. The molecule has 94 valence electrons. The lowest BCUT2D eigenvalue weighted by molar-refractivity contribution is -0.387. The van der Waals surface area contributed by atoms with E-state index in [0.29, 0.717) is 11.8 Å². The molecule has 0 aliphatic rings. The van der Waals surface area contributed by atoms with Gasteiger partial charge in [-0.3, -0.25) is 14.7 Å². The number of hydrogen-bond acceptors (Lipinski definition) is 3. The van der Waals surface area contributed by atoms with Gasteiger partial charge in [-0.1, -0.05) is 0 Å². The second-order valence-corrected chi connectivity index (χ2v) is 4.24.